The molecule has 13 aromatic rings. The molecule has 0 amide bonds. The predicted molar refractivity (Wildman–Crippen MR) is 359 cm³/mol. The summed E-state index contributed by atoms with van der Waals surface area (Å²) < 4.78 is 4.69. The molecule has 4 aromatic heterocycles. The van der Waals surface area contributed by atoms with E-state index < -0.39 is 0 Å². The van der Waals surface area contributed by atoms with Crippen LogP contribution in [0.25, 0.3) is 110 Å². The van der Waals surface area contributed by atoms with Crippen molar-refractivity contribution >= 4 is 71.1 Å². The van der Waals surface area contributed by atoms with Gasteiger partial charge in [-0.2, -0.15) is 0 Å². The number of carbonyl (C=O) groups is 1. The molecular weight excluding hydrogens is 1230 g/mol. The van der Waals surface area contributed by atoms with Crippen LogP contribution in [0, 0.1) is 31.2 Å². The molecule has 0 aliphatic heterocycles. The van der Waals surface area contributed by atoms with Crippen molar-refractivity contribution < 1.29 is 30.0 Å². The maximum atomic E-state index is 12.0. The summed E-state index contributed by atoms with van der Waals surface area (Å²) in [6.07, 6.45) is 6.73. The molecule has 0 spiro atoms. The molecule has 0 saturated carbocycles. The zero-order chi connectivity index (χ0) is 59.4. The molecule has 0 aliphatic rings. The number of aryl methyl sites for hydroxylation is 2. The second-order valence-electron chi connectivity index (χ2n) is 23.2. The molecule has 0 unspecified atom stereocenters. The zero-order valence-corrected chi connectivity index (χ0v) is 53.2. The van der Waals surface area contributed by atoms with Gasteiger partial charge in [-0.3, -0.25) is 9.36 Å². The number of hydrogen-bond donors (Lipinski definition) is 1. The number of benzene rings is 9. The van der Waals surface area contributed by atoms with Gasteiger partial charge >= 0.3 is 0 Å². The van der Waals surface area contributed by atoms with E-state index in [1.165, 1.54) is 88.5 Å². The quantitative estimate of drug-likeness (QED) is 0.0709. The second kappa shape index (κ2) is 26.3. The average Bonchev–Trinajstić information content (AvgIpc) is 1.70. The van der Waals surface area contributed by atoms with Gasteiger partial charge in [-0.25, -0.2) is 4.98 Å². The fourth-order valence-electron chi connectivity index (χ4n) is 12.1. The molecule has 0 fully saturated rings. The van der Waals surface area contributed by atoms with Crippen LogP contribution in [0.5, 0.6) is 0 Å². The standard InChI is InChI=1S/C45H29N3.C20H20N.C14H26O2.Ir/c1-3-13-30(14-4-1)37-29-45(46-40-20-10-7-17-34(37)40)48-42-22-12-9-19-36(42)39-28-32(24-26-44(39)48)31-23-25-43-38(27-31)35-18-8-11-21-41(35)47(43)33-15-5-2-6-16-33;1-13(2)16-5-6-19-17(12-16)7-8-21-20(19)18-10-14(3)9-15(4)11-18;1-6-11(7-2)12(15)10-13(16)14(5,8-3)9-4;/h1-29H;5-10,12-13H,1-4H3;10-11,15H,6-9H2,1-5H3;/q;-1;;. The summed E-state index contributed by atoms with van der Waals surface area (Å²) in [6.45, 7) is 18.7. The van der Waals surface area contributed by atoms with Crippen molar-refractivity contribution in [2.75, 3.05) is 0 Å². The number of ketones is 1. The first-order valence-corrected chi connectivity index (χ1v) is 30.2. The minimum absolute atomic E-state index is 0. The molecule has 1 N–H and O–H groups in total. The third kappa shape index (κ3) is 12.1. The first kappa shape index (κ1) is 60.4. The molecule has 4 heterocycles. The Labute approximate surface area is 520 Å². The van der Waals surface area contributed by atoms with Crippen molar-refractivity contribution in [3.05, 3.63) is 253 Å². The SMILES string of the molecule is CCC(CC)C(O)=CC(=O)C(C)(CC)CC.Cc1[c-]c(-c2nccc3cc(C(C)C)ccc23)cc(C)c1.[Ir].c1ccc(-c2cc(-n3c4ccccc4c4cc(-c5ccc6c(c5)c5ccccc5n6-c5ccccc5)ccc43)nc3ccccc23)cc1. The fraction of sp³-hybridized carbons (Fsp3) is 0.203. The third-order valence-corrected chi connectivity index (χ3v) is 17.4. The van der Waals surface area contributed by atoms with E-state index in [-0.39, 0.29) is 43.0 Å². The number of aliphatic hydroxyl groups excluding tert-OH is 1. The predicted octanol–water partition coefficient (Wildman–Crippen LogP) is 21.5. The molecule has 433 valence electrons. The van der Waals surface area contributed by atoms with Gasteiger partial charge in [-0.05, 0) is 143 Å². The number of pyridine rings is 2. The number of fused-ring (bicyclic) bond motifs is 8. The third-order valence-electron chi connectivity index (χ3n) is 17.4. The number of nitrogens with zero attached hydrogens (tertiary/aromatic N) is 4. The Hall–Kier alpha value is -8.74. The molecule has 0 atom stereocenters. The van der Waals surface area contributed by atoms with E-state index >= 15 is 0 Å². The Morgan fingerprint density at radius 3 is 1.73 bits per heavy atom. The van der Waals surface area contributed by atoms with Crippen molar-refractivity contribution in [3.63, 3.8) is 0 Å². The molecule has 6 nitrogen and oxygen atoms in total. The van der Waals surface area contributed by atoms with Crippen molar-refractivity contribution in [3.8, 4) is 45.0 Å². The van der Waals surface area contributed by atoms with E-state index in [1.54, 1.807) is 0 Å². The van der Waals surface area contributed by atoms with Gasteiger partial charge in [-0.1, -0.05) is 196 Å². The van der Waals surface area contributed by atoms with E-state index in [4.69, 9.17) is 4.98 Å². The molecule has 86 heavy (non-hydrogen) atoms. The van der Waals surface area contributed by atoms with Crippen LogP contribution in [0.2, 0.25) is 0 Å². The van der Waals surface area contributed by atoms with Crippen LogP contribution in [-0.2, 0) is 24.9 Å². The summed E-state index contributed by atoms with van der Waals surface area (Å²) in [5.41, 5.74) is 17.2. The van der Waals surface area contributed by atoms with Crippen LogP contribution in [0.1, 0.15) is 96.8 Å². The van der Waals surface area contributed by atoms with E-state index in [2.05, 4.69) is 260 Å². The van der Waals surface area contributed by atoms with E-state index in [0.717, 1.165) is 70.3 Å². The smallest absolute Gasteiger partial charge is 0.164 e. The molecule has 0 saturated heterocycles. The van der Waals surface area contributed by atoms with Crippen LogP contribution in [0.3, 0.4) is 0 Å². The number of aromatic nitrogens is 4. The number of allylic oxidation sites excluding steroid dienone is 2. The molecule has 0 aliphatic carbocycles. The number of para-hydroxylation sites is 4. The van der Waals surface area contributed by atoms with Gasteiger partial charge in [0, 0.05) is 76.3 Å². The Balaban J connectivity index is 0.000000179. The van der Waals surface area contributed by atoms with Gasteiger partial charge in [0.2, 0.25) is 0 Å². The number of rotatable bonds is 13. The average molecular weight is 1300 g/mol. The molecular formula is C79H75IrN4O2-. The Kier molecular flexibility index (Phi) is 18.4. The van der Waals surface area contributed by atoms with Gasteiger partial charge in [0.05, 0.1) is 33.3 Å². The number of aliphatic hydroxyl groups is 1. The largest absolute Gasteiger partial charge is 0.512 e. The topological polar surface area (TPSA) is 72.9 Å². The van der Waals surface area contributed by atoms with E-state index in [9.17, 15) is 9.90 Å². The minimum Gasteiger partial charge on any atom is -0.512 e. The monoisotopic (exact) mass is 1300 g/mol. The Morgan fingerprint density at radius 2 is 1.13 bits per heavy atom. The molecule has 0 bridgehead atoms. The van der Waals surface area contributed by atoms with Crippen LogP contribution in [-0.4, -0.2) is 30.0 Å². The molecule has 13 rings (SSSR count). The number of carbonyl (C=O) groups excluding carboxylic acids is 1. The van der Waals surface area contributed by atoms with Gasteiger partial charge in [0.1, 0.15) is 5.82 Å². The maximum absolute atomic E-state index is 12.0. The fourth-order valence-corrected chi connectivity index (χ4v) is 12.1. The number of hydrogen-bond acceptors (Lipinski definition) is 4. The molecule has 9 aromatic carbocycles. The van der Waals surface area contributed by atoms with Gasteiger partial charge in [0.25, 0.3) is 0 Å². The first-order chi connectivity index (χ1) is 41.3. The molecule has 7 heteroatoms. The second-order valence-corrected chi connectivity index (χ2v) is 23.2. The Bertz CT molecular complexity index is 4560. The zero-order valence-electron chi connectivity index (χ0n) is 50.8. The van der Waals surface area contributed by atoms with Gasteiger partial charge in [-0.15, -0.1) is 34.9 Å². The first-order valence-electron chi connectivity index (χ1n) is 30.2. The minimum atomic E-state index is -0.319. The van der Waals surface area contributed by atoms with E-state index in [1.807, 2.05) is 40.8 Å². The summed E-state index contributed by atoms with van der Waals surface area (Å²) in [6, 6.07) is 79.6. The van der Waals surface area contributed by atoms with Crippen molar-refractivity contribution in [2.24, 2.45) is 11.3 Å². The summed E-state index contributed by atoms with van der Waals surface area (Å²) in [5, 5.41) is 18.4. The molecule has 1 radical (unpaired) electrons. The van der Waals surface area contributed by atoms with Gasteiger partial charge in [0.15, 0.2) is 5.78 Å². The normalized spacial score (nSPS) is 11.8. The summed E-state index contributed by atoms with van der Waals surface area (Å²) >= 11 is 0. The van der Waals surface area contributed by atoms with Crippen LogP contribution >= 0.6 is 0 Å². The Morgan fingerprint density at radius 1 is 0.570 bits per heavy atom. The maximum Gasteiger partial charge on any atom is 0.164 e. The van der Waals surface area contributed by atoms with Crippen molar-refractivity contribution in [1.82, 2.24) is 19.1 Å². The van der Waals surface area contributed by atoms with Crippen molar-refractivity contribution in [1.29, 1.82) is 0 Å². The van der Waals surface area contributed by atoms with Gasteiger partial charge < -0.3 is 14.7 Å². The summed E-state index contributed by atoms with van der Waals surface area (Å²) in [5.74, 6) is 1.90. The summed E-state index contributed by atoms with van der Waals surface area (Å²) in [7, 11) is 0. The van der Waals surface area contributed by atoms with E-state index in [0.29, 0.717) is 5.92 Å². The van der Waals surface area contributed by atoms with Crippen LogP contribution in [0.15, 0.2) is 230 Å². The summed E-state index contributed by atoms with van der Waals surface area (Å²) in [4.78, 5) is 21.9. The van der Waals surface area contributed by atoms with Crippen molar-refractivity contribution in [2.45, 2.75) is 93.9 Å². The van der Waals surface area contributed by atoms with Crippen LogP contribution < -0.4 is 0 Å². The van der Waals surface area contributed by atoms with Crippen LogP contribution in [0.4, 0.5) is 0 Å².